The number of amides is 1. The summed E-state index contributed by atoms with van der Waals surface area (Å²) in [4.78, 5) is 23.0. The van der Waals surface area contributed by atoms with Crippen molar-refractivity contribution in [3.8, 4) is 0 Å². The number of nitro groups is 1. The van der Waals surface area contributed by atoms with E-state index in [-0.39, 0.29) is 17.6 Å². The Balaban J connectivity index is 2.14. The molecule has 1 aliphatic rings. The molecule has 0 aromatic heterocycles. The molecule has 1 amide bonds. The Morgan fingerprint density at radius 3 is 2.81 bits per heavy atom. The predicted molar refractivity (Wildman–Crippen MR) is 78.6 cm³/mol. The average molecular weight is 293 g/mol. The molecular formula is C14H19N3O4. The molecule has 0 aliphatic carbocycles. The quantitative estimate of drug-likeness (QED) is 0.660. The molecule has 1 saturated heterocycles. The van der Waals surface area contributed by atoms with Gasteiger partial charge in [0, 0.05) is 25.2 Å². The molecule has 1 aliphatic heterocycles. The monoisotopic (exact) mass is 293 g/mol. The van der Waals surface area contributed by atoms with Crippen LogP contribution in [-0.2, 0) is 0 Å². The first-order chi connectivity index (χ1) is 9.88. The number of likely N-dealkylation sites (tertiary alicyclic amines) is 1. The van der Waals surface area contributed by atoms with Crippen molar-refractivity contribution in [1.29, 1.82) is 0 Å². The molecule has 2 unspecified atom stereocenters. The van der Waals surface area contributed by atoms with E-state index in [1.54, 1.807) is 12.1 Å². The number of nitrogens with one attached hydrogen (secondary N) is 1. The molecule has 1 aromatic carbocycles. The van der Waals surface area contributed by atoms with Gasteiger partial charge in [-0.2, -0.15) is 0 Å². The Kier molecular flexibility index (Phi) is 4.30. The topological polar surface area (TPSA) is 95.7 Å². The van der Waals surface area contributed by atoms with Gasteiger partial charge in [0.2, 0.25) is 0 Å². The van der Waals surface area contributed by atoms with Crippen LogP contribution >= 0.6 is 0 Å². The maximum atomic E-state index is 11.1. The Labute approximate surface area is 122 Å². The maximum Gasteiger partial charge on any atom is 0.407 e. The normalized spacial score (nSPS) is 21.9. The van der Waals surface area contributed by atoms with Crippen molar-refractivity contribution < 1.29 is 14.8 Å². The Morgan fingerprint density at radius 1 is 1.52 bits per heavy atom. The van der Waals surface area contributed by atoms with Gasteiger partial charge in [-0.25, -0.2) is 4.79 Å². The number of carboxylic acid groups (broad SMARTS) is 1. The van der Waals surface area contributed by atoms with E-state index >= 15 is 0 Å². The lowest BCUT2D eigenvalue weighted by Gasteiger charge is -2.36. The second-order valence-electron chi connectivity index (χ2n) is 5.52. The molecule has 1 fully saturated rings. The van der Waals surface area contributed by atoms with E-state index in [2.05, 4.69) is 5.32 Å². The Morgan fingerprint density at radius 2 is 2.24 bits per heavy atom. The molecule has 2 N–H and O–H groups in total. The molecule has 2 atom stereocenters. The van der Waals surface area contributed by atoms with Crippen LogP contribution in [0, 0.1) is 23.0 Å². The smallest absolute Gasteiger partial charge is 0.407 e. The summed E-state index contributed by atoms with van der Waals surface area (Å²) in [5.41, 5.74) is 1.49. The molecule has 21 heavy (non-hydrogen) atoms. The standard InChI is InChI=1S/C14H19N3O4/c1-9-3-4-13(17(20)21)12(7-9)15-11-5-6-16(14(18)19)8-10(11)2/h3-4,7,10-11,15H,5-6,8H2,1-2H3,(H,18,19). The minimum atomic E-state index is -0.915. The number of rotatable bonds is 3. The van der Waals surface area contributed by atoms with Crippen LogP contribution < -0.4 is 5.32 Å². The summed E-state index contributed by atoms with van der Waals surface area (Å²) in [7, 11) is 0. The number of carbonyl (C=O) groups is 1. The summed E-state index contributed by atoms with van der Waals surface area (Å²) in [6.45, 7) is 4.71. The molecule has 0 saturated carbocycles. The van der Waals surface area contributed by atoms with Crippen LogP contribution in [0.15, 0.2) is 18.2 Å². The van der Waals surface area contributed by atoms with Gasteiger partial charge in [0.05, 0.1) is 4.92 Å². The van der Waals surface area contributed by atoms with E-state index in [4.69, 9.17) is 5.11 Å². The Hall–Kier alpha value is -2.31. The third-order valence-corrected chi connectivity index (χ3v) is 3.87. The first kappa shape index (κ1) is 15.1. The number of piperidine rings is 1. The molecule has 114 valence electrons. The van der Waals surface area contributed by atoms with Crippen LogP contribution in [0.2, 0.25) is 0 Å². The van der Waals surface area contributed by atoms with Crippen LogP contribution in [0.1, 0.15) is 18.9 Å². The number of hydrogen-bond donors (Lipinski definition) is 2. The lowest BCUT2D eigenvalue weighted by Crippen LogP contribution is -2.47. The SMILES string of the molecule is Cc1ccc([N+](=O)[O-])c(NC2CCN(C(=O)O)CC2C)c1. The van der Waals surface area contributed by atoms with E-state index in [1.165, 1.54) is 11.0 Å². The molecule has 7 heteroatoms. The number of aryl methyl sites for hydroxylation is 1. The van der Waals surface area contributed by atoms with E-state index in [0.717, 1.165) is 5.56 Å². The van der Waals surface area contributed by atoms with Crippen molar-refractivity contribution in [3.63, 3.8) is 0 Å². The zero-order valence-electron chi connectivity index (χ0n) is 12.1. The molecule has 0 bridgehead atoms. The highest BCUT2D eigenvalue weighted by atomic mass is 16.6. The zero-order chi connectivity index (χ0) is 15.6. The van der Waals surface area contributed by atoms with Crippen molar-refractivity contribution >= 4 is 17.5 Å². The molecular weight excluding hydrogens is 274 g/mol. The van der Waals surface area contributed by atoms with Crippen LogP contribution in [0.25, 0.3) is 0 Å². The van der Waals surface area contributed by atoms with Gasteiger partial charge in [0.15, 0.2) is 0 Å². The van der Waals surface area contributed by atoms with E-state index in [9.17, 15) is 14.9 Å². The fourth-order valence-corrected chi connectivity index (χ4v) is 2.66. The van der Waals surface area contributed by atoms with Gasteiger partial charge in [-0.3, -0.25) is 10.1 Å². The summed E-state index contributed by atoms with van der Waals surface area (Å²) < 4.78 is 0. The highest BCUT2D eigenvalue weighted by molar-refractivity contribution is 5.65. The lowest BCUT2D eigenvalue weighted by molar-refractivity contribution is -0.384. The third kappa shape index (κ3) is 3.42. The fraction of sp³-hybridized carbons (Fsp3) is 0.500. The van der Waals surface area contributed by atoms with Crippen LogP contribution in [-0.4, -0.2) is 40.2 Å². The molecule has 1 heterocycles. The van der Waals surface area contributed by atoms with Gasteiger partial charge in [-0.1, -0.05) is 13.0 Å². The second-order valence-corrected chi connectivity index (χ2v) is 5.52. The van der Waals surface area contributed by atoms with Crippen molar-refractivity contribution in [2.24, 2.45) is 5.92 Å². The summed E-state index contributed by atoms with van der Waals surface area (Å²) in [6, 6.07) is 4.99. The van der Waals surface area contributed by atoms with Gasteiger partial charge in [0.1, 0.15) is 5.69 Å². The first-order valence-electron chi connectivity index (χ1n) is 6.88. The highest BCUT2D eigenvalue weighted by Gasteiger charge is 2.29. The van der Waals surface area contributed by atoms with Gasteiger partial charge < -0.3 is 15.3 Å². The number of nitro benzene ring substituents is 1. The summed E-state index contributed by atoms with van der Waals surface area (Å²) in [6.07, 6.45) is -0.278. The first-order valence-corrected chi connectivity index (χ1v) is 6.88. The second kappa shape index (κ2) is 5.99. The maximum absolute atomic E-state index is 11.1. The predicted octanol–water partition coefficient (Wildman–Crippen LogP) is 2.70. The van der Waals surface area contributed by atoms with Crippen molar-refractivity contribution in [3.05, 3.63) is 33.9 Å². The largest absolute Gasteiger partial charge is 0.465 e. The van der Waals surface area contributed by atoms with Gasteiger partial charge in [-0.05, 0) is 30.9 Å². The van der Waals surface area contributed by atoms with E-state index < -0.39 is 11.0 Å². The lowest BCUT2D eigenvalue weighted by atomic mass is 9.93. The zero-order valence-corrected chi connectivity index (χ0v) is 12.1. The van der Waals surface area contributed by atoms with Gasteiger partial charge in [0.25, 0.3) is 5.69 Å². The molecule has 1 aromatic rings. The van der Waals surface area contributed by atoms with Crippen molar-refractivity contribution in [2.45, 2.75) is 26.3 Å². The fourth-order valence-electron chi connectivity index (χ4n) is 2.66. The van der Waals surface area contributed by atoms with E-state index in [1.807, 2.05) is 13.8 Å². The number of hydrogen-bond acceptors (Lipinski definition) is 4. The van der Waals surface area contributed by atoms with Crippen LogP contribution in [0.3, 0.4) is 0 Å². The van der Waals surface area contributed by atoms with Gasteiger partial charge >= 0.3 is 6.09 Å². The number of nitrogens with zero attached hydrogens (tertiary/aromatic N) is 2. The minimum absolute atomic E-state index is 0.0288. The van der Waals surface area contributed by atoms with Gasteiger partial charge in [-0.15, -0.1) is 0 Å². The summed E-state index contributed by atoms with van der Waals surface area (Å²) in [5.74, 6) is 0.0926. The molecule has 7 nitrogen and oxygen atoms in total. The number of benzene rings is 1. The average Bonchev–Trinajstić information content (AvgIpc) is 2.40. The minimum Gasteiger partial charge on any atom is -0.465 e. The van der Waals surface area contributed by atoms with Crippen molar-refractivity contribution in [2.75, 3.05) is 18.4 Å². The molecule has 0 spiro atoms. The third-order valence-electron chi connectivity index (χ3n) is 3.87. The van der Waals surface area contributed by atoms with Crippen LogP contribution in [0.5, 0.6) is 0 Å². The number of anilines is 1. The molecule has 2 rings (SSSR count). The van der Waals surface area contributed by atoms with Crippen molar-refractivity contribution in [1.82, 2.24) is 4.90 Å². The molecule has 0 radical (unpaired) electrons. The van der Waals surface area contributed by atoms with E-state index in [0.29, 0.717) is 25.2 Å². The van der Waals surface area contributed by atoms with Crippen LogP contribution in [0.4, 0.5) is 16.2 Å². The summed E-state index contributed by atoms with van der Waals surface area (Å²) >= 11 is 0. The summed E-state index contributed by atoms with van der Waals surface area (Å²) in [5, 5.41) is 23.3. The highest BCUT2D eigenvalue weighted by Crippen LogP contribution is 2.29. The Bertz CT molecular complexity index is 561.